The van der Waals surface area contributed by atoms with Crippen molar-refractivity contribution in [3.63, 3.8) is 0 Å². The highest BCUT2D eigenvalue weighted by Crippen LogP contribution is 2.16. The molecule has 0 saturated heterocycles. The van der Waals surface area contributed by atoms with Crippen molar-refractivity contribution in [3.05, 3.63) is 0 Å². The van der Waals surface area contributed by atoms with Crippen molar-refractivity contribution in [3.8, 4) is 0 Å². The zero-order valence-corrected chi connectivity index (χ0v) is 30.1. The number of amides is 1. The molecular weight excluding hydrogens is 570 g/mol. The summed E-state index contributed by atoms with van der Waals surface area (Å²) in [5.74, 6) is -0.884. The Balaban J connectivity index is 3.86. The molecule has 0 aromatic carbocycles. The number of rotatable bonds is 35. The monoisotopic (exact) mass is 646 g/mol. The predicted molar refractivity (Wildman–Crippen MR) is 189 cm³/mol. The lowest BCUT2D eigenvalue weighted by Crippen LogP contribution is -2.47. The number of aliphatic hydroxyl groups excluding tert-OH is 1. The maximum atomic E-state index is 12.5. The fourth-order valence-electron chi connectivity index (χ4n) is 6.16. The van der Waals surface area contributed by atoms with E-state index >= 15 is 0 Å². The first-order chi connectivity index (χ1) is 21.3. The largest absolute Gasteiger partial charge is 0.391 e. The van der Waals surface area contributed by atoms with Gasteiger partial charge in [0.05, 0.1) is 17.9 Å². The molecule has 0 aromatic rings. The summed E-state index contributed by atoms with van der Waals surface area (Å²) < 4.78 is 32.4. The Morgan fingerprint density at radius 1 is 0.523 bits per heavy atom. The number of aliphatic hydroxyl groups is 1. The summed E-state index contributed by atoms with van der Waals surface area (Å²) >= 11 is 0. The second-order valence-electron chi connectivity index (χ2n) is 13.6. The van der Waals surface area contributed by atoms with Gasteiger partial charge in [0.25, 0.3) is 10.1 Å². The molecule has 0 aliphatic heterocycles. The van der Waals surface area contributed by atoms with Crippen LogP contribution in [-0.4, -0.2) is 41.9 Å². The highest BCUT2D eigenvalue weighted by molar-refractivity contribution is 7.85. The minimum absolute atomic E-state index is 0.242. The minimum atomic E-state index is -4.30. The second-order valence-corrected chi connectivity index (χ2v) is 15.1. The zero-order chi connectivity index (χ0) is 32.6. The van der Waals surface area contributed by atoms with Crippen LogP contribution in [0, 0.1) is 0 Å². The third-order valence-corrected chi connectivity index (χ3v) is 9.84. The van der Waals surface area contributed by atoms with E-state index < -0.39 is 28.0 Å². The van der Waals surface area contributed by atoms with Crippen LogP contribution in [0.3, 0.4) is 0 Å². The number of carbonyl (C=O) groups is 1. The van der Waals surface area contributed by atoms with Crippen molar-refractivity contribution in [2.45, 2.75) is 225 Å². The van der Waals surface area contributed by atoms with Crippen LogP contribution in [-0.2, 0) is 14.9 Å². The summed E-state index contributed by atoms with van der Waals surface area (Å²) in [6.07, 6.45) is 36.1. The van der Waals surface area contributed by atoms with Crippen LogP contribution in [0.5, 0.6) is 0 Å². The molecule has 1 amide bonds. The van der Waals surface area contributed by atoms with Crippen molar-refractivity contribution < 1.29 is 22.9 Å². The van der Waals surface area contributed by atoms with E-state index in [1.165, 1.54) is 148 Å². The molecule has 0 radical (unpaired) electrons. The fraction of sp³-hybridized carbons (Fsp3) is 0.973. The van der Waals surface area contributed by atoms with Gasteiger partial charge in [-0.1, -0.05) is 194 Å². The smallest absolute Gasteiger partial charge is 0.266 e. The topological polar surface area (TPSA) is 104 Å². The summed E-state index contributed by atoms with van der Waals surface area (Å²) in [5.41, 5.74) is 0. The Labute approximate surface area is 274 Å². The van der Waals surface area contributed by atoms with Crippen LogP contribution < -0.4 is 5.32 Å². The number of hydrogen-bond donors (Lipinski definition) is 3. The van der Waals surface area contributed by atoms with Crippen LogP contribution >= 0.6 is 0 Å². The molecule has 0 aliphatic rings. The second kappa shape index (κ2) is 32.3. The van der Waals surface area contributed by atoms with E-state index in [1.807, 2.05) is 0 Å². The highest BCUT2D eigenvalue weighted by Gasteiger charge is 2.26. The standard InChI is InChI=1S/C37H75NO5S/c1-3-5-7-9-11-13-15-17-19-20-22-24-26-28-30-32-36(39)35(34-44(41,42)43)38-37(40)33-31-29-27-25-23-21-18-16-14-12-10-8-6-4-2/h35-36,39H,3-34H2,1-2H3,(H,38,40)(H,41,42,43). The first-order valence-corrected chi connectivity index (χ1v) is 20.8. The average molecular weight is 646 g/mol. The molecule has 0 aromatic heterocycles. The van der Waals surface area contributed by atoms with Gasteiger partial charge in [-0.2, -0.15) is 8.42 Å². The minimum Gasteiger partial charge on any atom is -0.391 e. The van der Waals surface area contributed by atoms with Crippen molar-refractivity contribution in [1.82, 2.24) is 5.32 Å². The normalized spacial score (nSPS) is 13.3. The molecule has 0 spiro atoms. The lowest BCUT2D eigenvalue weighted by atomic mass is 10.0. The summed E-state index contributed by atoms with van der Waals surface area (Å²) in [7, 11) is -4.30. The van der Waals surface area contributed by atoms with Crippen LogP contribution in [0.1, 0.15) is 213 Å². The Kier molecular flexibility index (Phi) is 31.8. The maximum Gasteiger partial charge on any atom is 0.266 e. The predicted octanol–water partition coefficient (Wildman–Crippen LogP) is 10.9. The van der Waals surface area contributed by atoms with E-state index in [0.717, 1.165) is 38.5 Å². The molecule has 6 nitrogen and oxygen atoms in total. The molecule has 0 aliphatic carbocycles. The molecular formula is C37H75NO5S. The lowest BCUT2D eigenvalue weighted by molar-refractivity contribution is -0.122. The molecule has 0 rings (SSSR count). The highest BCUT2D eigenvalue weighted by atomic mass is 32.2. The first kappa shape index (κ1) is 43.3. The first-order valence-electron chi connectivity index (χ1n) is 19.2. The van der Waals surface area contributed by atoms with Gasteiger partial charge in [-0.25, -0.2) is 0 Å². The van der Waals surface area contributed by atoms with Crippen LogP contribution in [0.15, 0.2) is 0 Å². The SMILES string of the molecule is CCCCCCCCCCCCCCCCCC(O)C(CS(=O)(=O)O)NC(=O)CCCCCCCCCCCCCCCC. The molecule has 0 bridgehead atoms. The van der Waals surface area contributed by atoms with Gasteiger partial charge >= 0.3 is 0 Å². The van der Waals surface area contributed by atoms with Gasteiger partial charge in [0.1, 0.15) is 0 Å². The van der Waals surface area contributed by atoms with E-state index in [0.29, 0.717) is 12.8 Å². The van der Waals surface area contributed by atoms with Crippen LogP contribution in [0.4, 0.5) is 0 Å². The van der Waals surface area contributed by atoms with Crippen molar-refractivity contribution in [2.24, 2.45) is 0 Å². The van der Waals surface area contributed by atoms with Crippen molar-refractivity contribution >= 4 is 16.0 Å². The number of unbranched alkanes of at least 4 members (excludes halogenated alkanes) is 27. The number of hydrogen-bond acceptors (Lipinski definition) is 4. The third kappa shape index (κ3) is 32.7. The van der Waals surface area contributed by atoms with E-state index in [-0.39, 0.29) is 5.91 Å². The molecule has 2 atom stereocenters. The average Bonchev–Trinajstić information content (AvgIpc) is 2.98. The molecule has 2 unspecified atom stereocenters. The van der Waals surface area contributed by atoms with Gasteiger partial charge in [0.2, 0.25) is 5.91 Å². The molecule has 264 valence electrons. The van der Waals surface area contributed by atoms with E-state index in [2.05, 4.69) is 19.2 Å². The molecule has 0 heterocycles. The van der Waals surface area contributed by atoms with Gasteiger partial charge < -0.3 is 10.4 Å². The lowest BCUT2D eigenvalue weighted by Gasteiger charge is -2.23. The molecule has 7 heteroatoms. The summed E-state index contributed by atoms with van der Waals surface area (Å²) in [4.78, 5) is 12.5. The Morgan fingerprint density at radius 3 is 1.14 bits per heavy atom. The summed E-state index contributed by atoms with van der Waals surface area (Å²) in [5, 5.41) is 13.3. The van der Waals surface area contributed by atoms with Gasteiger partial charge in [0, 0.05) is 6.42 Å². The third-order valence-electron chi connectivity index (χ3n) is 9.06. The van der Waals surface area contributed by atoms with Crippen LogP contribution in [0.2, 0.25) is 0 Å². The van der Waals surface area contributed by atoms with Gasteiger partial charge in [-0.15, -0.1) is 0 Å². The van der Waals surface area contributed by atoms with E-state index in [1.54, 1.807) is 0 Å². The van der Waals surface area contributed by atoms with Gasteiger partial charge in [0.15, 0.2) is 0 Å². The fourth-order valence-corrected chi connectivity index (χ4v) is 6.92. The Morgan fingerprint density at radius 2 is 0.818 bits per heavy atom. The van der Waals surface area contributed by atoms with Crippen LogP contribution in [0.25, 0.3) is 0 Å². The quantitative estimate of drug-likeness (QED) is 0.0470. The number of nitrogens with one attached hydrogen (secondary N) is 1. The summed E-state index contributed by atoms with van der Waals surface area (Å²) in [6, 6.07) is -0.962. The van der Waals surface area contributed by atoms with Crippen molar-refractivity contribution in [2.75, 3.05) is 5.75 Å². The van der Waals surface area contributed by atoms with E-state index in [4.69, 9.17) is 0 Å². The molecule has 3 N–H and O–H groups in total. The molecule has 0 fully saturated rings. The van der Waals surface area contributed by atoms with Gasteiger partial charge in [-0.05, 0) is 12.8 Å². The molecule has 0 saturated carbocycles. The Hall–Kier alpha value is -0.660. The van der Waals surface area contributed by atoms with E-state index in [9.17, 15) is 22.9 Å². The van der Waals surface area contributed by atoms with Crippen molar-refractivity contribution in [1.29, 1.82) is 0 Å². The Bertz CT molecular complexity index is 715. The number of carbonyl (C=O) groups excluding carboxylic acids is 1. The molecule has 44 heavy (non-hydrogen) atoms. The zero-order valence-electron chi connectivity index (χ0n) is 29.3. The maximum absolute atomic E-state index is 12.5. The summed E-state index contributed by atoms with van der Waals surface area (Å²) in [6.45, 7) is 4.52. The van der Waals surface area contributed by atoms with Gasteiger partial charge in [-0.3, -0.25) is 9.35 Å².